The molecule has 3 heterocycles. The molecule has 0 saturated carbocycles. The molecule has 0 spiro atoms. The molecule has 0 radical (unpaired) electrons. The third-order valence-electron chi connectivity index (χ3n) is 7.71. The lowest BCUT2D eigenvalue weighted by Crippen LogP contribution is -2.51. The number of nitrogens with one attached hydrogen (secondary N) is 1. The Morgan fingerprint density at radius 1 is 1.05 bits per heavy atom. The first kappa shape index (κ1) is 28.1. The number of hydrogen-bond donors (Lipinski definition) is 1. The lowest BCUT2D eigenvalue weighted by Gasteiger charge is -2.36. The number of nitrogens with zero attached hydrogens (tertiary/aromatic N) is 5. The Balaban J connectivity index is 1.21. The highest BCUT2D eigenvalue weighted by Gasteiger charge is 2.37. The number of halogens is 2. The molecular weight excluding hydrogens is 554 g/mol. The summed E-state index contributed by atoms with van der Waals surface area (Å²) in [6, 6.07) is 19.7. The number of ether oxygens (including phenoxy) is 1. The van der Waals surface area contributed by atoms with E-state index in [1.807, 2.05) is 14.0 Å². The molecule has 0 bridgehead atoms. The van der Waals surface area contributed by atoms with Gasteiger partial charge in [0.05, 0.1) is 29.9 Å². The second-order valence-corrected chi connectivity index (χ2v) is 10.8. The van der Waals surface area contributed by atoms with Gasteiger partial charge in [0.2, 0.25) is 0 Å². The van der Waals surface area contributed by atoms with Gasteiger partial charge >= 0.3 is 0 Å². The van der Waals surface area contributed by atoms with Crippen LogP contribution in [0.1, 0.15) is 44.5 Å². The lowest BCUT2D eigenvalue weighted by molar-refractivity contribution is 0.0386. The maximum Gasteiger partial charge on any atom is 0.298 e. The van der Waals surface area contributed by atoms with Crippen molar-refractivity contribution in [3.05, 3.63) is 107 Å². The molecule has 2 aliphatic heterocycles. The Hall–Kier alpha value is -5.08. The molecule has 1 aromatic heterocycles. The number of aromatic nitrogens is 2. The lowest BCUT2D eigenvalue weighted by atomic mass is 9.99. The van der Waals surface area contributed by atoms with E-state index in [4.69, 9.17) is 4.74 Å². The number of rotatable bonds is 7. The number of alkyl halides is 2. The van der Waals surface area contributed by atoms with Crippen molar-refractivity contribution < 1.29 is 23.1 Å². The summed E-state index contributed by atoms with van der Waals surface area (Å²) < 4.78 is 37.5. The van der Waals surface area contributed by atoms with Gasteiger partial charge in [-0.05, 0) is 44.3 Å². The van der Waals surface area contributed by atoms with Crippen LogP contribution in [-0.2, 0) is 12.5 Å². The van der Waals surface area contributed by atoms with Crippen LogP contribution in [0.5, 0.6) is 5.75 Å². The van der Waals surface area contributed by atoms with E-state index < -0.39 is 17.7 Å². The Kier molecular flexibility index (Phi) is 7.15. The molecule has 1 saturated heterocycles. The zero-order valence-corrected chi connectivity index (χ0v) is 23.5. The molecule has 1 unspecified atom stereocenters. The number of nitriles is 1. The number of likely N-dealkylation sites (N-methyl/N-ethyl adjacent to an activating group) is 1. The van der Waals surface area contributed by atoms with Gasteiger partial charge in [-0.1, -0.05) is 42.5 Å². The summed E-state index contributed by atoms with van der Waals surface area (Å²) >= 11 is 0. The average molecular weight is 583 g/mol. The molecule has 3 aromatic carbocycles. The largest absolute Gasteiger partial charge is 0.486 e. The van der Waals surface area contributed by atoms with Gasteiger partial charge in [0.1, 0.15) is 23.6 Å². The molecule has 1 fully saturated rings. The molecular formula is C32H28F2N6O3. The van der Waals surface area contributed by atoms with Crippen molar-refractivity contribution in [2.75, 3.05) is 30.4 Å². The normalized spacial score (nSPS) is 17.1. The van der Waals surface area contributed by atoms with Crippen LogP contribution in [0.3, 0.4) is 0 Å². The van der Waals surface area contributed by atoms with E-state index in [1.54, 1.807) is 30.3 Å². The highest BCUT2D eigenvalue weighted by molar-refractivity contribution is 6.15. The standard InChI is InChI=1S/C32H28F2N6O3/c1-20-17-39-29(31(42)40(20)25-11-8-23(9-12-25)32(33,34)22-6-4-3-5-7-22)27(16-36-39)30(41)37-24-10-13-28(21(14-24)15-35)43-26-18-38(2)19-26/h3-14,16,20,26H,17-19H2,1-2H3,(H,37,41). The fraction of sp³-hybridized carbons (Fsp3) is 0.250. The van der Waals surface area contributed by atoms with Gasteiger partial charge in [-0.2, -0.15) is 19.1 Å². The predicted octanol–water partition coefficient (Wildman–Crippen LogP) is 4.89. The molecule has 1 N–H and O–H groups in total. The number of likely N-dealkylation sites (tertiary alicyclic amines) is 1. The van der Waals surface area contributed by atoms with Gasteiger partial charge < -0.3 is 15.0 Å². The summed E-state index contributed by atoms with van der Waals surface area (Å²) in [4.78, 5) is 30.7. The van der Waals surface area contributed by atoms with Gasteiger partial charge in [-0.15, -0.1) is 0 Å². The van der Waals surface area contributed by atoms with Gasteiger partial charge in [0.15, 0.2) is 0 Å². The fourth-order valence-corrected chi connectivity index (χ4v) is 5.47. The van der Waals surface area contributed by atoms with Crippen molar-refractivity contribution in [1.29, 1.82) is 5.26 Å². The van der Waals surface area contributed by atoms with Crippen LogP contribution in [0.25, 0.3) is 0 Å². The van der Waals surface area contributed by atoms with Crippen LogP contribution in [0.4, 0.5) is 20.2 Å². The van der Waals surface area contributed by atoms with E-state index in [9.17, 15) is 14.9 Å². The first-order valence-corrected chi connectivity index (χ1v) is 13.8. The quantitative estimate of drug-likeness (QED) is 0.333. The van der Waals surface area contributed by atoms with Crippen LogP contribution in [-0.4, -0.2) is 58.8 Å². The van der Waals surface area contributed by atoms with Crippen molar-refractivity contribution >= 4 is 23.2 Å². The van der Waals surface area contributed by atoms with Crippen LogP contribution in [0, 0.1) is 11.3 Å². The Morgan fingerprint density at radius 2 is 1.74 bits per heavy atom. The monoisotopic (exact) mass is 582 g/mol. The number of anilines is 2. The molecule has 6 rings (SSSR count). The van der Waals surface area contributed by atoms with E-state index in [0.29, 0.717) is 23.7 Å². The van der Waals surface area contributed by atoms with Crippen molar-refractivity contribution in [3.63, 3.8) is 0 Å². The highest BCUT2D eigenvalue weighted by atomic mass is 19.3. The van der Waals surface area contributed by atoms with E-state index in [2.05, 4.69) is 21.4 Å². The smallest absolute Gasteiger partial charge is 0.298 e. The van der Waals surface area contributed by atoms with Crippen LogP contribution >= 0.6 is 0 Å². The molecule has 0 aliphatic carbocycles. The number of carbonyl (C=O) groups excluding carboxylic acids is 2. The molecule has 2 amide bonds. The van der Waals surface area contributed by atoms with Crippen LogP contribution in [0.2, 0.25) is 0 Å². The van der Waals surface area contributed by atoms with Crippen molar-refractivity contribution in [2.24, 2.45) is 0 Å². The summed E-state index contributed by atoms with van der Waals surface area (Å²) in [5.41, 5.74) is 0.896. The molecule has 1 atom stereocenters. The first-order chi connectivity index (χ1) is 20.7. The second kappa shape index (κ2) is 11.0. The summed E-state index contributed by atoms with van der Waals surface area (Å²) in [5.74, 6) is -3.81. The summed E-state index contributed by atoms with van der Waals surface area (Å²) in [5, 5.41) is 16.6. The summed E-state index contributed by atoms with van der Waals surface area (Å²) in [7, 11) is 1.98. The minimum atomic E-state index is -3.20. The van der Waals surface area contributed by atoms with Gasteiger partial charge in [0, 0.05) is 35.6 Å². The van der Waals surface area contributed by atoms with Gasteiger partial charge in [-0.3, -0.25) is 19.2 Å². The van der Waals surface area contributed by atoms with Gasteiger partial charge in [0.25, 0.3) is 17.7 Å². The molecule has 9 nitrogen and oxygen atoms in total. The molecule has 4 aromatic rings. The topological polar surface area (TPSA) is 103 Å². The third-order valence-corrected chi connectivity index (χ3v) is 7.71. The van der Waals surface area contributed by atoms with Crippen LogP contribution in [0.15, 0.2) is 79.0 Å². The van der Waals surface area contributed by atoms with Crippen LogP contribution < -0.4 is 15.0 Å². The molecule has 11 heteroatoms. The maximum absolute atomic E-state index is 15.1. The van der Waals surface area contributed by atoms with E-state index in [-0.39, 0.29) is 40.1 Å². The zero-order chi connectivity index (χ0) is 30.3. The Labute approximate surface area is 246 Å². The van der Waals surface area contributed by atoms with E-state index >= 15 is 8.78 Å². The number of benzene rings is 3. The van der Waals surface area contributed by atoms with Crippen molar-refractivity contribution in [2.45, 2.75) is 31.5 Å². The zero-order valence-electron chi connectivity index (χ0n) is 23.5. The van der Waals surface area contributed by atoms with Gasteiger partial charge in [-0.25, -0.2) is 0 Å². The summed E-state index contributed by atoms with van der Waals surface area (Å²) in [6.07, 6.45) is 1.34. The molecule has 43 heavy (non-hydrogen) atoms. The van der Waals surface area contributed by atoms with E-state index in [1.165, 1.54) is 58.2 Å². The van der Waals surface area contributed by atoms with E-state index in [0.717, 1.165) is 13.1 Å². The summed E-state index contributed by atoms with van der Waals surface area (Å²) in [6.45, 7) is 3.66. The van der Waals surface area contributed by atoms with Crippen molar-refractivity contribution in [3.8, 4) is 11.8 Å². The molecule has 218 valence electrons. The highest BCUT2D eigenvalue weighted by Crippen LogP contribution is 2.37. The Bertz CT molecular complexity index is 1730. The predicted molar refractivity (Wildman–Crippen MR) is 155 cm³/mol. The Morgan fingerprint density at radius 3 is 2.42 bits per heavy atom. The number of carbonyl (C=O) groups is 2. The minimum absolute atomic E-state index is 0.00406. The molecule has 2 aliphatic rings. The second-order valence-electron chi connectivity index (χ2n) is 10.8. The first-order valence-electron chi connectivity index (χ1n) is 13.8. The SMILES string of the molecule is CC1Cn2ncc(C(=O)Nc3ccc(OC4CN(C)C4)c(C#N)c3)c2C(=O)N1c1ccc(C(F)(F)c2ccccc2)cc1. The number of fused-ring (bicyclic) bond motifs is 1. The fourth-order valence-electron chi connectivity index (χ4n) is 5.47. The number of hydrogen-bond acceptors (Lipinski definition) is 6. The third kappa shape index (κ3) is 5.21. The maximum atomic E-state index is 15.1. The average Bonchev–Trinajstić information content (AvgIpc) is 3.42. The minimum Gasteiger partial charge on any atom is -0.486 e. The van der Waals surface area contributed by atoms with Crippen molar-refractivity contribution in [1.82, 2.24) is 14.7 Å². The number of amides is 2.